The quantitative estimate of drug-likeness (QED) is 0.566. The Morgan fingerprint density at radius 2 is 2.08 bits per heavy atom. The summed E-state index contributed by atoms with van der Waals surface area (Å²) < 4.78 is 0. The van der Waals surface area contributed by atoms with Crippen molar-refractivity contribution in [3.05, 3.63) is 29.2 Å². The van der Waals surface area contributed by atoms with Gasteiger partial charge in [-0.2, -0.15) is 0 Å². The van der Waals surface area contributed by atoms with Crippen molar-refractivity contribution in [3.63, 3.8) is 0 Å². The van der Waals surface area contributed by atoms with E-state index in [9.17, 15) is 0 Å². The number of likely N-dealkylation sites (N-methyl/N-ethyl adjacent to an activating group) is 1. The lowest BCUT2D eigenvalue weighted by Gasteiger charge is -2.16. The summed E-state index contributed by atoms with van der Waals surface area (Å²) in [5, 5.41) is 0. The fraction of sp³-hybridized carbons (Fsp3) is 0.545. The van der Waals surface area contributed by atoms with E-state index in [0.29, 0.717) is 0 Å². The van der Waals surface area contributed by atoms with Crippen molar-refractivity contribution in [2.24, 2.45) is 0 Å². The molecule has 1 aliphatic carbocycles. The van der Waals surface area contributed by atoms with Crippen LogP contribution < -0.4 is 0 Å². The topological polar surface area (TPSA) is 3.24 Å². The smallest absolute Gasteiger partial charge is 0.0820 e. The molecule has 0 N–H and O–H groups in total. The van der Waals surface area contributed by atoms with Crippen molar-refractivity contribution in [2.45, 2.75) is 26.2 Å². The van der Waals surface area contributed by atoms with E-state index in [1.165, 1.54) is 36.1 Å². The Hall–Kier alpha value is -0.940. The number of hydrogen-bond acceptors (Lipinski definition) is 1. The van der Waals surface area contributed by atoms with Gasteiger partial charge in [-0.15, -0.1) is 5.73 Å². The Morgan fingerprint density at radius 3 is 2.42 bits per heavy atom. The normalized spacial score (nSPS) is 16.2. The summed E-state index contributed by atoms with van der Waals surface area (Å²) >= 11 is 0. The first-order valence-electron chi connectivity index (χ1n) is 4.43. The predicted molar refractivity (Wildman–Crippen MR) is 52.9 cm³/mol. The van der Waals surface area contributed by atoms with Gasteiger partial charge in [-0.25, -0.2) is 0 Å². The van der Waals surface area contributed by atoms with Gasteiger partial charge in [0.2, 0.25) is 0 Å². The van der Waals surface area contributed by atoms with Crippen molar-refractivity contribution in [3.8, 4) is 0 Å². The monoisotopic (exact) mass is 163 g/mol. The molecule has 12 heavy (non-hydrogen) atoms. The van der Waals surface area contributed by atoms with Crippen LogP contribution in [0.25, 0.3) is 0 Å². The number of allylic oxidation sites excluding steroid dienone is 2. The molecule has 0 aromatic carbocycles. The third-order valence-corrected chi connectivity index (χ3v) is 2.39. The summed E-state index contributed by atoms with van der Waals surface area (Å²) in [6, 6.07) is 0. The van der Waals surface area contributed by atoms with Crippen LogP contribution in [0.1, 0.15) is 26.2 Å². The van der Waals surface area contributed by atoms with Crippen molar-refractivity contribution in [1.29, 1.82) is 0 Å². The van der Waals surface area contributed by atoms with Gasteiger partial charge in [0.15, 0.2) is 0 Å². The summed E-state index contributed by atoms with van der Waals surface area (Å²) in [4.78, 5) is 2.09. The predicted octanol–water partition coefficient (Wildman–Crippen LogP) is 2.72. The van der Waals surface area contributed by atoms with E-state index in [1.54, 1.807) is 0 Å². The van der Waals surface area contributed by atoms with Crippen LogP contribution >= 0.6 is 0 Å². The maximum absolute atomic E-state index is 3.72. The van der Waals surface area contributed by atoms with E-state index in [4.69, 9.17) is 0 Å². The molecule has 0 fully saturated rings. The fourth-order valence-corrected chi connectivity index (χ4v) is 1.75. The van der Waals surface area contributed by atoms with Crippen molar-refractivity contribution < 1.29 is 0 Å². The van der Waals surface area contributed by atoms with Crippen molar-refractivity contribution in [1.82, 2.24) is 4.90 Å². The molecular weight excluding hydrogens is 146 g/mol. The van der Waals surface area contributed by atoms with Crippen molar-refractivity contribution in [2.75, 3.05) is 14.1 Å². The van der Waals surface area contributed by atoms with E-state index in [-0.39, 0.29) is 0 Å². The lowest BCUT2D eigenvalue weighted by Crippen LogP contribution is -2.12. The minimum Gasteiger partial charge on any atom is -0.371 e. The Kier molecular flexibility index (Phi) is 2.78. The first kappa shape index (κ1) is 9.15. The highest BCUT2D eigenvalue weighted by Gasteiger charge is 2.15. The van der Waals surface area contributed by atoms with Crippen LogP contribution in [-0.4, -0.2) is 19.0 Å². The minimum absolute atomic E-state index is 1.17. The van der Waals surface area contributed by atoms with E-state index in [0.717, 1.165) is 0 Å². The van der Waals surface area contributed by atoms with Crippen molar-refractivity contribution >= 4 is 0 Å². The molecule has 0 amide bonds. The molecule has 0 spiro atoms. The van der Waals surface area contributed by atoms with Gasteiger partial charge in [-0.05, 0) is 31.8 Å². The first-order chi connectivity index (χ1) is 5.66. The van der Waals surface area contributed by atoms with Gasteiger partial charge >= 0.3 is 0 Å². The molecule has 0 aliphatic heterocycles. The van der Waals surface area contributed by atoms with E-state index in [2.05, 4.69) is 24.1 Å². The number of nitrogens with zero attached hydrogens (tertiary/aromatic N) is 1. The molecule has 66 valence electrons. The highest BCUT2D eigenvalue weighted by molar-refractivity contribution is 5.35. The average molecular weight is 163 g/mol. The van der Waals surface area contributed by atoms with Crippen LogP contribution in [0.2, 0.25) is 0 Å². The van der Waals surface area contributed by atoms with Gasteiger partial charge in [0.25, 0.3) is 0 Å². The molecule has 0 saturated carbocycles. The molecule has 0 bridgehead atoms. The van der Waals surface area contributed by atoms with Gasteiger partial charge in [0.05, 0.1) is 5.70 Å². The fourth-order valence-electron chi connectivity index (χ4n) is 1.75. The van der Waals surface area contributed by atoms with E-state index in [1.807, 2.05) is 14.1 Å². The molecule has 1 nitrogen and oxygen atoms in total. The third kappa shape index (κ3) is 1.62. The highest BCUT2D eigenvalue weighted by atomic mass is 15.1. The standard InChI is InChI=1S/C11H17N/c1-5-11(12(3)4)10-8-6-7-9(10)2/h1,6-8H2,2-4H3. The van der Waals surface area contributed by atoms with Crippen LogP contribution in [0.4, 0.5) is 0 Å². The van der Waals surface area contributed by atoms with Gasteiger partial charge in [-0.3, -0.25) is 0 Å². The van der Waals surface area contributed by atoms with Crippen LogP contribution in [0.3, 0.4) is 0 Å². The lowest BCUT2D eigenvalue weighted by molar-refractivity contribution is 0.519. The lowest BCUT2D eigenvalue weighted by atomic mass is 10.1. The zero-order valence-electron chi connectivity index (χ0n) is 8.28. The molecule has 1 aliphatic rings. The summed E-state index contributed by atoms with van der Waals surface area (Å²) in [6.45, 7) is 5.93. The summed E-state index contributed by atoms with van der Waals surface area (Å²) in [7, 11) is 4.10. The third-order valence-electron chi connectivity index (χ3n) is 2.39. The molecule has 0 unspecified atom stereocenters. The first-order valence-corrected chi connectivity index (χ1v) is 4.43. The summed E-state index contributed by atoms with van der Waals surface area (Å²) in [6.07, 6.45) is 3.73. The summed E-state index contributed by atoms with van der Waals surface area (Å²) in [5.41, 5.74) is 7.14. The van der Waals surface area contributed by atoms with E-state index < -0.39 is 0 Å². The Balaban J connectivity index is 2.95. The molecule has 0 atom stereocenters. The Labute approximate surface area is 75.1 Å². The average Bonchev–Trinajstić information content (AvgIpc) is 2.38. The SMILES string of the molecule is C=C=C(C1=C(C)CCC1)N(C)C. The largest absolute Gasteiger partial charge is 0.371 e. The molecule has 0 heterocycles. The molecule has 0 radical (unpaired) electrons. The Morgan fingerprint density at radius 1 is 1.42 bits per heavy atom. The van der Waals surface area contributed by atoms with Gasteiger partial charge in [-0.1, -0.05) is 12.2 Å². The van der Waals surface area contributed by atoms with Gasteiger partial charge in [0, 0.05) is 14.1 Å². The number of rotatable bonds is 2. The van der Waals surface area contributed by atoms with Crippen LogP contribution in [0.5, 0.6) is 0 Å². The zero-order chi connectivity index (χ0) is 9.14. The molecule has 0 aromatic heterocycles. The molecule has 1 heteroatoms. The minimum atomic E-state index is 1.17. The maximum atomic E-state index is 3.72. The molecule has 0 aromatic rings. The second-order valence-electron chi connectivity index (χ2n) is 3.53. The molecular formula is C11H17N. The zero-order valence-corrected chi connectivity index (χ0v) is 8.28. The van der Waals surface area contributed by atoms with Gasteiger partial charge in [0.1, 0.15) is 0 Å². The van der Waals surface area contributed by atoms with Crippen LogP contribution in [0, 0.1) is 0 Å². The highest BCUT2D eigenvalue weighted by Crippen LogP contribution is 2.30. The second kappa shape index (κ2) is 3.64. The maximum Gasteiger partial charge on any atom is 0.0820 e. The Bertz CT molecular complexity index is 252. The molecule has 0 saturated heterocycles. The summed E-state index contributed by atoms with van der Waals surface area (Å²) in [5.74, 6) is 0. The van der Waals surface area contributed by atoms with Crippen LogP contribution in [-0.2, 0) is 0 Å². The number of hydrogen-bond donors (Lipinski definition) is 0. The van der Waals surface area contributed by atoms with E-state index >= 15 is 0 Å². The molecule has 1 rings (SSSR count). The van der Waals surface area contributed by atoms with Gasteiger partial charge < -0.3 is 4.90 Å². The van der Waals surface area contributed by atoms with Crippen LogP contribution in [0.15, 0.2) is 29.2 Å². The second-order valence-corrected chi connectivity index (χ2v) is 3.53.